The Balaban J connectivity index is 2.90. The highest BCUT2D eigenvalue weighted by atomic mass is 19.4. The number of alkyl halides is 3. The molecule has 0 unspecified atom stereocenters. The monoisotopic (exact) mass is 217 g/mol. The van der Waals surface area contributed by atoms with Gasteiger partial charge in [-0.05, 0) is 31.0 Å². The van der Waals surface area contributed by atoms with Crippen molar-refractivity contribution in [2.75, 3.05) is 18.5 Å². The van der Waals surface area contributed by atoms with Crippen LogP contribution < -0.4 is 4.90 Å². The summed E-state index contributed by atoms with van der Waals surface area (Å²) in [6, 6.07) is 5.48. The van der Waals surface area contributed by atoms with E-state index >= 15 is 0 Å². The number of nitrogens with zero attached hydrogens (tertiary/aromatic N) is 1. The number of benzene rings is 1. The fourth-order valence-corrected chi connectivity index (χ4v) is 1.48. The van der Waals surface area contributed by atoms with Gasteiger partial charge in [0.2, 0.25) is 0 Å². The van der Waals surface area contributed by atoms with Crippen molar-refractivity contribution in [3.8, 4) is 0 Å². The average Bonchev–Trinajstić information content (AvgIpc) is 2.06. The van der Waals surface area contributed by atoms with Gasteiger partial charge in [0.05, 0.1) is 0 Å². The quantitative estimate of drug-likeness (QED) is 0.734. The number of rotatable bonds is 2. The van der Waals surface area contributed by atoms with E-state index in [-0.39, 0.29) is 0 Å². The molecule has 0 N–H and O–H groups in total. The molecule has 0 spiro atoms. The van der Waals surface area contributed by atoms with E-state index < -0.39 is 12.7 Å². The van der Waals surface area contributed by atoms with Crippen molar-refractivity contribution in [1.29, 1.82) is 0 Å². The van der Waals surface area contributed by atoms with Gasteiger partial charge in [-0.15, -0.1) is 0 Å². The van der Waals surface area contributed by atoms with Gasteiger partial charge >= 0.3 is 6.18 Å². The van der Waals surface area contributed by atoms with E-state index in [1.807, 2.05) is 26.0 Å². The fraction of sp³-hybridized carbons (Fsp3) is 0.455. The first kappa shape index (κ1) is 11.9. The van der Waals surface area contributed by atoms with Crippen LogP contribution in [-0.4, -0.2) is 19.8 Å². The van der Waals surface area contributed by atoms with Crippen LogP contribution in [0.1, 0.15) is 11.1 Å². The van der Waals surface area contributed by atoms with Crippen LogP contribution in [0.2, 0.25) is 0 Å². The minimum atomic E-state index is -4.16. The van der Waals surface area contributed by atoms with Gasteiger partial charge in [-0.3, -0.25) is 0 Å². The van der Waals surface area contributed by atoms with E-state index in [4.69, 9.17) is 0 Å². The van der Waals surface area contributed by atoms with E-state index in [1.54, 1.807) is 6.07 Å². The molecule has 1 rings (SSSR count). The lowest BCUT2D eigenvalue weighted by molar-refractivity contribution is -0.119. The van der Waals surface area contributed by atoms with Crippen molar-refractivity contribution in [2.24, 2.45) is 0 Å². The van der Waals surface area contributed by atoms with Gasteiger partial charge in [-0.2, -0.15) is 13.2 Å². The lowest BCUT2D eigenvalue weighted by Crippen LogP contribution is -2.31. The summed E-state index contributed by atoms with van der Waals surface area (Å²) in [7, 11) is 1.45. The van der Waals surface area contributed by atoms with Crippen molar-refractivity contribution >= 4 is 5.69 Å². The molecule has 0 atom stereocenters. The molecule has 1 aromatic rings. The summed E-state index contributed by atoms with van der Waals surface area (Å²) >= 11 is 0. The summed E-state index contributed by atoms with van der Waals surface area (Å²) in [4.78, 5) is 1.22. The maximum absolute atomic E-state index is 12.2. The largest absolute Gasteiger partial charge is 0.405 e. The highest BCUT2D eigenvalue weighted by Crippen LogP contribution is 2.24. The summed E-state index contributed by atoms with van der Waals surface area (Å²) in [5, 5.41) is 0. The van der Waals surface area contributed by atoms with Crippen molar-refractivity contribution < 1.29 is 13.2 Å². The third kappa shape index (κ3) is 3.46. The molecule has 0 amide bonds. The number of halogens is 3. The second-order valence-electron chi connectivity index (χ2n) is 3.76. The summed E-state index contributed by atoms with van der Waals surface area (Å²) in [5.74, 6) is 0. The van der Waals surface area contributed by atoms with Crippen LogP contribution in [0.4, 0.5) is 18.9 Å². The first-order valence-electron chi connectivity index (χ1n) is 4.65. The van der Waals surface area contributed by atoms with Crippen molar-refractivity contribution in [1.82, 2.24) is 0 Å². The zero-order valence-electron chi connectivity index (χ0n) is 9.02. The molecule has 0 aliphatic heterocycles. The molecule has 0 saturated carbocycles. The second kappa shape index (κ2) is 4.13. The Morgan fingerprint density at radius 1 is 1.20 bits per heavy atom. The fourth-order valence-electron chi connectivity index (χ4n) is 1.48. The number of anilines is 1. The van der Waals surface area contributed by atoms with Gasteiger partial charge in [0.25, 0.3) is 0 Å². The lowest BCUT2D eigenvalue weighted by atomic mass is 10.1. The molecular weight excluding hydrogens is 203 g/mol. The third-order valence-corrected chi connectivity index (χ3v) is 2.19. The van der Waals surface area contributed by atoms with Crippen LogP contribution in [0.25, 0.3) is 0 Å². The Morgan fingerprint density at radius 3 is 2.33 bits per heavy atom. The molecule has 0 radical (unpaired) electrons. The molecule has 0 aliphatic carbocycles. The molecule has 0 bridgehead atoms. The minimum Gasteiger partial charge on any atom is -0.365 e. The maximum Gasteiger partial charge on any atom is 0.405 e. The SMILES string of the molecule is Cc1ccc(C)c(N(C)CC(F)(F)F)c1. The van der Waals surface area contributed by atoms with E-state index in [2.05, 4.69) is 0 Å². The standard InChI is InChI=1S/C11H14F3N/c1-8-4-5-9(2)10(6-8)15(3)7-11(12,13)14/h4-6H,7H2,1-3H3. The van der Waals surface area contributed by atoms with E-state index in [0.29, 0.717) is 5.69 Å². The predicted molar refractivity (Wildman–Crippen MR) is 55.2 cm³/mol. The molecule has 4 heteroatoms. The Kier molecular flexibility index (Phi) is 3.27. The van der Waals surface area contributed by atoms with Gasteiger partial charge in [-0.25, -0.2) is 0 Å². The minimum absolute atomic E-state index is 0.632. The molecular formula is C11H14F3N. The van der Waals surface area contributed by atoms with E-state index in [0.717, 1.165) is 11.1 Å². The van der Waals surface area contributed by atoms with Crippen LogP contribution in [-0.2, 0) is 0 Å². The third-order valence-electron chi connectivity index (χ3n) is 2.19. The Hall–Kier alpha value is -1.19. The van der Waals surface area contributed by atoms with Gasteiger partial charge < -0.3 is 4.90 Å². The van der Waals surface area contributed by atoms with Crippen LogP contribution in [0.15, 0.2) is 18.2 Å². The highest BCUT2D eigenvalue weighted by Gasteiger charge is 2.29. The lowest BCUT2D eigenvalue weighted by Gasteiger charge is -2.23. The Bertz CT molecular complexity index is 344. The normalized spacial score (nSPS) is 11.6. The van der Waals surface area contributed by atoms with Crippen molar-refractivity contribution in [3.05, 3.63) is 29.3 Å². The first-order chi connectivity index (χ1) is 6.79. The molecule has 0 aromatic heterocycles. The van der Waals surface area contributed by atoms with Gasteiger partial charge in [0.15, 0.2) is 0 Å². The van der Waals surface area contributed by atoms with Crippen LogP contribution in [0.3, 0.4) is 0 Å². The van der Waals surface area contributed by atoms with Crippen LogP contribution >= 0.6 is 0 Å². The maximum atomic E-state index is 12.2. The van der Waals surface area contributed by atoms with Crippen molar-refractivity contribution in [2.45, 2.75) is 20.0 Å². The van der Waals surface area contributed by atoms with Crippen LogP contribution in [0, 0.1) is 13.8 Å². The molecule has 1 aromatic carbocycles. The topological polar surface area (TPSA) is 3.24 Å². The molecule has 0 heterocycles. The summed E-state index contributed by atoms with van der Waals surface area (Å²) in [6.07, 6.45) is -4.16. The smallest absolute Gasteiger partial charge is 0.365 e. The molecule has 0 fully saturated rings. The summed E-state index contributed by atoms with van der Waals surface area (Å²) in [6.45, 7) is 2.75. The van der Waals surface area contributed by atoms with E-state index in [1.165, 1.54) is 11.9 Å². The highest BCUT2D eigenvalue weighted by molar-refractivity contribution is 5.54. The molecule has 0 saturated heterocycles. The number of hydrogen-bond donors (Lipinski definition) is 0. The van der Waals surface area contributed by atoms with Crippen LogP contribution in [0.5, 0.6) is 0 Å². The molecule has 1 nitrogen and oxygen atoms in total. The Labute approximate surface area is 87.5 Å². The van der Waals surface area contributed by atoms with Crippen molar-refractivity contribution in [3.63, 3.8) is 0 Å². The molecule has 15 heavy (non-hydrogen) atoms. The zero-order valence-corrected chi connectivity index (χ0v) is 9.02. The van der Waals surface area contributed by atoms with Gasteiger partial charge in [-0.1, -0.05) is 12.1 Å². The summed E-state index contributed by atoms with van der Waals surface area (Å²) in [5.41, 5.74) is 2.45. The predicted octanol–water partition coefficient (Wildman–Crippen LogP) is 3.30. The second-order valence-corrected chi connectivity index (χ2v) is 3.76. The zero-order chi connectivity index (χ0) is 11.6. The summed E-state index contributed by atoms with van der Waals surface area (Å²) < 4.78 is 36.5. The molecule has 0 aliphatic rings. The van der Waals surface area contributed by atoms with E-state index in [9.17, 15) is 13.2 Å². The Morgan fingerprint density at radius 2 is 1.80 bits per heavy atom. The van der Waals surface area contributed by atoms with Gasteiger partial charge in [0, 0.05) is 12.7 Å². The number of hydrogen-bond acceptors (Lipinski definition) is 1. The van der Waals surface area contributed by atoms with Gasteiger partial charge in [0.1, 0.15) is 6.54 Å². The first-order valence-corrected chi connectivity index (χ1v) is 4.65. The molecule has 84 valence electrons. The number of aryl methyl sites for hydroxylation is 2. The average molecular weight is 217 g/mol.